The second-order valence-electron chi connectivity index (χ2n) is 8.75. The number of piperidine rings is 2. The molecule has 1 aliphatic carbocycles. The van der Waals surface area contributed by atoms with Gasteiger partial charge in [0.15, 0.2) is 0 Å². The number of carbonyl (C=O) groups excluding carboxylic acids is 1. The fraction of sp³-hybridized carbons (Fsp3) is 0.650. The third-order valence-electron chi connectivity index (χ3n) is 7.00. The molecule has 160 valence electrons. The molecule has 3 fully saturated rings. The van der Waals surface area contributed by atoms with Gasteiger partial charge in [-0.25, -0.2) is 9.37 Å². The number of carbonyl (C=O) groups is 1. The summed E-state index contributed by atoms with van der Waals surface area (Å²) in [4.78, 5) is 20.4. The van der Waals surface area contributed by atoms with Crippen LogP contribution in [0, 0.1) is 11.2 Å². The second-order valence-corrected chi connectivity index (χ2v) is 8.75. The summed E-state index contributed by atoms with van der Waals surface area (Å²) >= 11 is 0. The summed E-state index contributed by atoms with van der Waals surface area (Å²) in [6.45, 7) is 1.97. The van der Waals surface area contributed by atoms with E-state index in [0.717, 1.165) is 38.4 Å². The third kappa shape index (κ3) is 3.47. The van der Waals surface area contributed by atoms with Crippen LogP contribution in [0.1, 0.15) is 44.6 Å². The Bertz CT molecular complexity index is 906. The molecule has 3 aliphatic rings. The molecule has 2 aromatic rings. The van der Waals surface area contributed by atoms with Crippen LogP contribution in [0.2, 0.25) is 0 Å². The lowest BCUT2D eigenvalue weighted by molar-refractivity contribution is -0.140. The van der Waals surface area contributed by atoms with Crippen LogP contribution in [0.4, 0.5) is 4.39 Å². The second kappa shape index (κ2) is 7.66. The van der Waals surface area contributed by atoms with Gasteiger partial charge in [0.2, 0.25) is 11.7 Å². The van der Waals surface area contributed by atoms with E-state index in [0.29, 0.717) is 31.0 Å². The first-order valence-corrected chi connectivity index (χ1v) is 10.7. The molecule has 0 radical (unpaired) electrons. The summed E-state index contributed by atoms with van der Waals surface area (Å²) in [6.07, 6.45) is 5.97. The van der Waals surface area contributed by atoms with E-state index in [1.54, 1.807) is 4.80 Å². The van der Waals surface area contributed by atoms with E-state index in [1.807, 2.05) is 4.90 Å². The summed E-state index contributed by atoms with van der Waals surface area (Å²) in [6, 6.07) is 2.59. The van der Waals surface area contributed by atoms with Crippen molar-refractivity contribution >= 4 is 5.91 Å². The lowest BCUT2D eigenvalue weighted by atomic mass is 9.62. The number of hydrogen-bond donors (Lipinski definition) is 2. The van der Waals surface area contributed by atoms with Crippen LogP contribution >= 0.6 is 0 Å². The molecule has 0 unspecified atom stereocenters. The fourth-order valence-electron chi connectivity index (χ4n) is 4.86. The number of pyridine rings is 1. The van der Waals surface area contributed by atoms with Crippen LogP contribution in [-0.4, -0.2) is 72.9 Å². The molecular formula is C20H26FN7O2. The molecular weight excluding hydrogens is 389 g/mol. The van der Waals surface area contributed by atoms with E-state index in [9.17, 15) is 14.3 Å². The van der Waals surface area contributed by atoms with Gasteiger partial charge in [0.05, 0.1) is 24.4 Å². The van der Waals surface area contributed by atoms with Gasteiger partial charge in [-0.3, -0.25) is 4.79 Å². The highest BCUT2D eigenvalue weighted by Gasteiger charge is 2.48. The Morgan fingerprint density at radius 1 is 1.27 bits per heavy atom. The van der Waals surface area contributed by atoms with Gasteiger partial charge in [0.1, 0.15) is 11.5 Å². The van der Waals surface area contributed by atoms with Crippen LogP contribution in [0.25, 0.3) is 11.5 Å². The Hall–Kier alpha value is -2.46. The molecule has 9 nitrogen and oxygen atoms in total. The van der Waals surface area contributed by atoms with Crippen molar-refractivity contribution in [2.24, 2.45) is 5.41 Å². The maximum Gasteiger partial charge on any atom is 0.239 e. The van der Waals surface area contributed by atoms with Crippen molar-refractivity contribution < 1.29 is 14.3 Å². The molecule has 2 aromatic heterocycles. The number of hydrogen-bond acceptors (Lipinski definition) is 7. The van der Waals surface area contributed by atoms with E-state index < -0.39 is 11.9 Å². The van der Waals surface area contributed by atoms with Gasteiger partial charge < -0.3 is 15.3 Å². The van der Waals surface area contributed by atoms with E-state index >= 15 is 0 Å². The Kier molecular flexibility index (Phi) is 4.98. The number of likely N-dealkylation sites (tertiary alicyclic amines) is 1. The first-order chi connectivity index (χ1) is 14.5. The molecule has 2 aliphatic heterocycles. The van der Waals surface area contributed by atoms with Gasteiger partial charge in [-0.05, 0) is 49.5 Å². The van der Waals surface area contributed by atoms with E-state index in [-0.39, 0.29) is 23.4 Å². The summed E-state index contributed by atoms with van der Waals surface area (Å²) in [7, 11) is 0. The Morgan fingerprint density at radius 2 is 2.07 bits per heavy atom. The minimum absolute atomic E-state index is 0.000375. The van der Waals surface area contributed by atoms with Gasteiger partial charge in [-0.1, -0.05) is 6.42 Å². The number of aromatic nitrogens is 5. The molecule has 2 N–H and O–H groups in total. The summed E-state index contributed by atoms with van der Waals surface area (Å²) < 4.78 is 13.0. The maximum atomic E-state index is 13.0. The minimum atomic E-state index is -0.411. The number of tetrazole rings is 1. The topological polar surface area (TPSA) is 109 Å². The quantitative estimate of drug-likeness (QED) is 0.768. The number of halogens is 1. The Labute approximate surface area is 173 Å². The molecule has 1 amide bonds. The van der Waals surface area contributed by atoms with Gasteiger partial charge in [0, 0.05) is 25.0 Å². The third-order valence-corrected chi connectivity index (χ3v) is 7.00. The van der Waals surface area contributed by atoms with Crippen LogP contribution in [0.3, 0.4) is 0 Å². The molecule has 2 atom stereocenters. The van der Waals surface area contributed by atoms with E-state index in [4.69, 9.17) is 0 Å². The van der Waals surface area contributed by atoms with Gasteiger partial charge in [-0.2, -0.15) is 4.80 Å². The first kappa shape index (κ1) is 19.5. The fourth-order valence-corrected chi connectivity index (χ4v) is 4.86. The van der Waals surface area contributed by atoms with Crippen molar-refractivity contribution in [1.29, 1.82) is 0 Å². The zero-order valence-corrected chi connectivity index (χ0v) is 16.7. The van der Waals surface area contributed by atoms with Crippen molar-refractivity contribution in [2.45, 2.75) is 56.7 Å². The van der Waals surface area contributed by atoms with E-state index in [2.05, 4.69) is 25.7 Å². The molecule has 30 heavy (non-hydrogen) atoms. The SMILES string of the molecule is O=C([C@@H]1C[C@@H](O)C2(CCC2)CN1)N1CCC(n2nnc(-c3ccc(F)cn3)n2)CC1. The molecule has 10 heteroatoms. The van der Waals surface area contributed by atoms with Crippen LogP contribution in [0.15, 0.2) is 18.3 Å². The number of rotatable bonds is 3. The number of aliphatic hydroxyl groups excluding tert-OH is 1. The summed E-state index contributed by atoms with van der Waals surface area (Å²) in [5.41, 5.74) is 0.473. The van der Waals surface area contributed by atoms with Gasteiger partial charge >= 0.3 is 0 Å². The van der Waals surface area contributed by atoms with Crippen molar-refractivity contribution in [2.75, 3.05) is 19.6 Å². The normalized spacial score (nSPS) is 26.5. The zero-order chi connectivity index (χ0) is 20.7. The molecule has 4 heterocycles. The summed E-state index contributed by atoms with van der Waals surface area (Å²) in [5.74, 6) is 0.0225. The van der Waals surface area contributed by atoms with Crippen LogP contribution < -0.4 is 5.32 Å². The lowest BCUT2D eigenvalue weighted by Gasteiger charge is -2.50. The average Bonchev–Trinajstić information content (AvgIpc) is 3.23. The predicted molar refractivity (Wildman–Crippen MR) is 105 cm³/mol. The lowest BCUT2D eigenvalue weighted by Crippen LogP contribution is -2.61. The van der Waals surface area contributed by atoms with E-state index in [1.165, 1.54) is 18.6 Å². The average molecular weight is 415 g/mol. The smallest absolute Gasteiger partial charge is 0.239 e. The van der Waals surface area contributed by atoms with Crippen molar-refractivity contribution in [3.8, 4) is 11.5 Å². The minimum Gasteiger partial charge on any atom is -0.392 e. The monoisotopic (exact) mass is 415 g/mol. The highest BCUT2D eigenvalue weighted by molar-refractivity contribution is 5.82. The highest BCUT2D eigenvalue weighted by atomic mass is 19.1. The Morgan fingerprint density at radius 3 is 2.70 bits per heavy atom. The summed E-state index contributed by atoms with van der Waals surface area (Å²) in [5, 5.41) is 26.5. The zero-order valence-electron chi connectivity index (χ0n) is 16.7. The standard InChI is InChI=1S/C20H26FN7O2/c21-13-2-3-15(22-11-13)18-24-26-28(25-18)14-4-8-27(9-5-14)19(30)16-10-17(29)20(12-23-16)6-1-7-20/h2-3,11,14,16-17,23,29H,1,4-10,12H2/t16-,17+/m0/s1. The first-order valence-electron chi connectivity index (χ1n) is 10.7. The Balaban J connectivity index is 1.17. The maximum absolute atomic E-state index is 13.0. The van der Waals surface area contributed by atoms with Crippen molar-refractivity contribution in [3.63, 3.8) is 0 Å². The van der Waals surface area contributed by atoms with Gasteiger partial charge in [0.25, 0.3) is 0 Å². The molecule has 1 spiro atoms. The number of nitrogens with one attached hydrogen (secondary N) is 1. The van der Waals surface area contributed by atoms with Crippen molar-refractivity contribution in [1.82, 2.24) is 35.4 Å². The van der Waals surface area contributed by atoms with Gasteiger partial charge in [-0.15, -0.1) is 10.2 Å². The number of aliphatic hydroxyl groups is 1. The predicted octanol–water partition coefficient (Wildman–Crippen LogP) is 0.931. The molecule has 0 bridgehead atoms. The molecule has 1 saturated carbocycles. The van der Waals surface area contributed by atoms with Crippen LogP contribution in [-0.2, 0) is 4.79 Å². The van der Waals surface area contributed by atoms with Crippen LogP contribution in [0.5, 0.6) is 0 Å². The van der Waals surface area contributed by atoms with Crippen molar-refractivity contribution in [3.05, 3.63) is 24.1 Å². The highest BCUT2D eigenvalue weighted by Crippen LogP contribution is 2.46. The molecule has 2 saturated heterocycles. The molecule has 0 aromatic carbocycles. The largest absolute Gasteiger partial charge is 0.392 e. The molecule has 5 rings (SSSR count). The number of amides is 1. The number of nitrogens with zero attached hydrogens (tertiary/aromatic N) is 6.